The number of hydrogen-bond acceptors (Lipinski definition) is 3. The highest BCUT2D eigenvalue weighted by molar-refractivity contribution is 5.26. The zero-order valence-electron chi connectivity index (χ0n) is 13.9. The molecule has 0 amide bonds. The molecule has 3 nitrogen and oxygen atoms in total. The molecule has 0 saturated carbocycles. The van der Waals surface area contributed by atoms with E-state index in [2.05, 4.69) is 56.9 Å². The maximum Gasteiger partial charge on any atom is 0.0753 e. The molecule has 0 spiro atoms. The summed E-state index contributed by atoms with van der Waals surface area (Å²) in [4.78, 5) is 2.46. The van der Waals surface area contributed by atoms with E-state index in [0.717, 1.165) is 26.1 Å². The van der Waals surface area contributed by atoms with Crippen LogP contribution in [0.5, 0.6) is 0 Å². The molecule has 1 aliphatic heterocycles. The SMILES string of the molecule is CC(C)Cc1ccc(C(CN)N2CCOC(C)(C)C2)cc1. The normalized spacial score (nSPS) is 20.7. The lowest BCUT2D eigenvalue weighted by Gasteiger charge is -2.42. The minimum absolute atomic E-state index is 0.0801. The predicted molar refractivity (Wildman–Crippen MR) is 88.4 cm³/mol. The smallest absolute Gasteiger partial charge is 0.0753 e. The molecule has 1 heterocycles. The molecular formula is C18H30N2O. The van der Waals surface area contributed by atoms with Crippen molar-refractivity contribution in [2.24, 2.45) is 11.7 Å². The number of hydrogen-bond donors (Lipinski definition) is 1. The molecule has 1 saturated heterocycles. The van der Waals surface area contributed by atoms with Crippen LogP contribution in [-0.2, 0) is 11.2 Å². The molecule has 1 aromatic carbocycles. The minimum atomic E-state index is -0.0801. The van der Waals surface area contributed by atoms with Crippen LogP contribution in [0.4, 0.5) is 0 Å². The highest BCUT2D eigenvalue weighted by Gasteiger charge is 2.31. The van der Waals surface area contributed by atoms with Gasteiger partial charge in [-0.15, -0.1) is 0 Å². The van der Waals surface area contributed by atoms with E-state index in [1.807, 2.05) is 0 Å². The van der Waals surface area contributed by atoms with E-state index in [4.69, 9.17) is 10.5 Å². The highest BCUT2D eigenvalue weighted by atomic mass is 16.5. The number of rotatable bonds is 5. The van der Waals surface area contributed by atoms with Crippen molar-refractivity contribution in [3.63, 3.8) is 0 Å². The number of benzene rings is 1. The molecule has 2 rings (SSSR count). The molecule has 118 valence electrons. The summed E-state index contributed by atoms with van der Waals surface area (Å²) in [5, 5.41) is 0. The Labute approximate surface area is 129 Å². The van der Waals surface area contributed by atoms with Gasteiger partial charge in [-0.05, 0) is 37.3 Å². The Morgan fingerprint density at radius 3 is 2.43 bits per heavy atom. The van der Waals surface area contributed by atoms with Crippen LogP contribution < -0.4 is 5.73 Å². The van der Waals surface area contributed by atoms with Crippen molar-refractivity contribution >= 4 is 0 Å². The van der Waals surface area contributed by atoms with Gasteiger partial charge in [0.2, 0.25) is 0 Å². The average molecular weight is 290 g/mol. The first-order chi connectivity index (χ1) is 9.91. The third-order valence-electron chi connectivity index (χ3n) is 4.13. The van der Waals surface area contributed by atoms with Gasteiger partial charge in [0.1, 0.15) is 0 Å². The summed E-state index contributed by atoms with van der Waals surface area (Å²) in [5.41, 5.74) is 8.71. The maximum atomic E-state index is 6.06. The van der Waals surface area contributed by atoms with E-state index in [9.17, 15) is 0 Å². The van der Waals surface area contributed by atoms with Crippen molar-refractivity contribution in [1.82, 2.24) is 4.90 Å². The van der Waals surface area contributed by atoms with E-state index < -0.39 is 0 Å². The Kier molecular flexibility index (Phi) is 5.42. The molecule has 0 aromatic heterocycles. The number of ether oxygens (including phenoxy) is 1. The first kappa shape index (κ1) is 16.5. The topological polar surface area (TPSA) is 38.5 Å². The van der Waals surface area contributed by atoms with Gasteiger partial charge in [0.05, 0.1) is 12.2 Å². The fraction of sp³-hybridized carbons (Fsp3) is 0.667. The van der Waals surface area contributed by atoms with E-state index in [-0.39, 0.29) is 5.60 Å². The average Bonchev–Trinajstić information content (AvgIpc) is 2.40. The second kappa shape index (κ2) is 6.91. The first-order valence-electron chi connectivity index (χ1n) is 8.08. The van der Waals surface area contributed by atoms with Crippen LogP contribution in [-0.4, -0.2) is 36.7 Å². The summed E-state index contributed by atoms with van der Waals surface area (Å²) >= 11 is 0. The summed E-state index contributed by atoms with van der Waals surface area (Å²) in [7, 11) is 0. The van der Waals surface area contributed by atoms with E-state index in [1.54, 1.807) is 0 Å². The molecule has 1 unspecified atom stereocenters. The van der Waals surface area contributed by atoms with Crippen molar-refractivity contribution < 1.29 is 4.74 Å². The lowest BCUT2D eigenvalue weighted by atomic mass is 9.97. The van der Waals surface area contributed by atoms with Gasteiger partial charge in [-0.1, -0.05) is 38.1 Å². The molecule has 2 N–H and O–H groups in total. The standard InChI is InChI=1S/C18H30N2O/c1-14(2)11-15-5-7-16(8-6-15)17(12-19)20-9-10-21-18(3,4)13-20/h5-8,14,17H,9-13,19H2,1-4H3. The van der Waals surface area contributed by atoms with Crippen molar-refractivity contribution in [3.05, 3.63) is 35.4 Å². The Morgan fingerprint density at radius 2 is 1.90 bits per heavy atom. The number of nitrogens with zero attached hydrogens (tertiary/aromatic N) is 1. The molecule has 0 radical (unpaired) electrons. The van der Waals surface area contributed by atoms with E-state index in [0.29, 0.717) is 18.5 Å². The van der Waals surface area contributed by atoms with E-state index >= 15 is 0 Å². The first-order valence-corrected chi connectivity index (χ1v) is 8.08. The fourth-order valence-corrected chi connectivity index (χ4v) is 3.16. The summed E-state index contributed by atoms with van der Waals surface area (Å²) in [6.07, 6.45) is 1.14. The van der Waals surface area contributed by atoms with Crippen LogP contribution >= 0.6 is 0 Å². The Balaban J connectivity index is 2.10. The van der Waals surface area contributed by atoms with Gasteiger partial charge in [-0.2, -0.15) is 0 Å². The third-order valence-corrected chi connectivity index (χ3v) is 4.13. The zero-order chi connectivity index (χ0) is 15.5. The summed E-state index contributed by atoms with van der Waals surface area (Å²) in [5.74, 6) is 0.696. The molecular weight excluding hydrogens is 260 g/mol. The highest BCUT2D eigenvalue weighted by Crippen LogP contribution is 2.26. The van der Waals surface area contributed by atoms with Crippen molar-refractivity contribution in [1.29, 1.82) is 0 Å². The number of morpholine rings is 1. The Morgan fingerprint density at radius 1 is 1.24 bits per heavy atom. The summed E-state index contributed by atoms with van der Waals surface area (Å²) in [6.45, 7) is 12.1. The molecule has 1 aliphatic rings. The van der Waals surface area contributed by atoms with Crippen molar-refractivity contribution in [2.75, 3.05) is 26.2 Å². The fourth-order valence-electron chi connectivity index (χ4n) is 3.16. The van der Waals surface area contributed by atoms with Gasteiger partial charge in [-0.25, -0.2) is 0 Å². The van der Waals surface area contributed by atoms with Gasteiger partial charge in [0.15, 0.2) is 0 Å². The van der Waals surface area contributed by atoms with Gasteiger partial charge in [0, 0.05) is 25.7 Å². The molecule has 1 aromatic rings. The van der Waals surface area contributed by atoms with E-state index in [1.165, 1.54) is 11.1 Å². The number of nitrogens with two attached hydrogens (primary N) is 1. The van der Waals surface area contributed by atoms with Crippen LogP contribution in [0.1, 0.15) is 44.9 Å². The Bertz CT molecular complexity index is 439. The van der Waals surface area contributed by atoms with Crippen LogP contribution in [0.15, 0.2) is 24.3 Å². The van der Waals surface area contributed by atoms with Crippen molar-refractivity contribution in [3.8, 4) is 0 Å². The maximum absolute atomic E-state index is 6.06. The van der Waals surface area contributed by atoms with Crippen LogP contribution in [0.3, 0.4) is 0 Å². The molecule has 0 aliphatic carbocycles. The molecule has 0 bridgehead atoms. The molecule has 1 atom stereocenters. The van der Waals surface area contributed by atoms with Crippen LogP contribution in [0.2, 0.25) is 0 Å². The lowest BCUT2D eigenvalue weighted by molar-refractivity contribution is -0.0967. The Hall–Kier alpha value is -0.900. The minimum Gasteiger partial charge on any atom is -0.373 e. The zero-order valence-corrected chi connectivity index (χ0v) is 13.9. The predicted octanol–water partition coefficient (Wildman–Crippen LogP) is 3.00. The monoisotopic (exact) mass is 290 g/mol. The largest absolute Gasteiger partial charge is 0.373 e. The van der Waals surface area contributed by atoms with Crippen molar-refractivity contribution in [2.45, 2.75) is 45.8 Å². The van der Waals surface area contributed by atoms with Crippen LogP contribution in [0, 0.1) is 5.92 Å². The van der Waals surface area contributed by atoms with Gasteiger partial charge in [0.25, 0.3) is 0 Å². The molecule has 3 heteroatoms. The lowest BCUT2D eigenvalue weighted by Crippen LogP contribution is -2.50. The van der Waals surface area contributed by atoms with Gasteiger partial charge in [-0.3, -0.25) is 4.90 Å². The molecule has 1 fully saturated rings. The molecule has 21 heavy (non-hydrogen) atoms. The van der Waals surface area contributed by atoms with Crippen LogP contribution in [0.25, 0.3) is 0 Å². The summed E-state index contributed by atoms with van der Waals surface area (Å²) in [6, 6.07) is 9.30. The van der Waals surface area contributed by atoms with Gasteiger partial charge < -0.3 is 10.5 Å². The second-order valence-corrected chi connectivity index (χ2v) is 7.17. The summed E-state index contributed by atoms with van der Waals surface area (Å²) < 4.78 is 5.81. The van der Waals surface area contributed by atoms with Gasteiger partial charge >= 0.3 is 0 Å². The third kappa shape index (κ3) is 4.53. The second-order valence-electron chi connectivity index (χ2n) is 7.17. The quantitative estimate of drug-likeness (QED) is 0.906.